The Labute approximate surface area is 164 Å². The number of carbonyl (C=O) groups excluding carboxylic acids is 1. The largest absolute Gasteiger partial charge is 0.385 e. The molecule has 154 valence electrons. The molecular formula is C20H35N3O3S. The molecule has 0 fully saturated rings. The topological polar surface area (TPSA) is 87.3 Å². The van der Waals surface area contributed by atoms with Gasteiger partial charge in [0.05, 0.1) is 5.25 Å². The lowest BCUT2D eigenvalue weighted by atomic mass is 10.0. The maximum atomic E-state index is 12.4. The molecular weight excluding hydrogens is 362 g/mol. The van der Waals surface area contributed by atoms with Gasteiger partial charge in [0, 0.05) is 30.4 Å². The number of benzene rings is 1. The number of hydrogen-bond acceptors (Lipinski definition) is 4. The predicted octanol–water partition coefficient (Wildman–Crippen LogP) is 3.35. The molecule has 0 atom stereocenters. The van der Waals surface area contributed by atoms with Gasteiger partial charge in [-0.2, -0.15) is 0 Å². The van der Waals surface area contributed by atoms with Crippen molar-refractivity contribution in [3.63, 3.8) is 0 Å². The maximum Gasteiger partial charge on any atom is 0.251 e. The lowest BCUT2D eigenvalue weighted by Gasteiger charge is -2.16. The second kappa shape index (κ2) is 10.7. The van der Waals surface area contributed by atoms with Gasteiger partial charge in [-0.1, -0.05) is 6.42 Å². The second-order valence-electron chi connectivity index (χ2n) is 7.59. The number of rotatable bonds is 11. The summed E-state index contributed by atoms with van der Waals surface area (Å²) in [6, 6.07) is 4.07. The Balaban J connectivity index is 2.49. The van der Waals surface area contributed by atoms with Crippen LogP contribution in [-0.4, -0.2) is 38.7 Å². The molecule has 7 heteroatoms. The molecule has 0 aliphatic heterocycles. The van der Waals surface area contributed by atoms with E-state index in [-0.39, 0.29) is 11.9 Å². The van der Waals surface area contributed by atoms with Gasteiger partial charge in [0.15, 0.2) is 0 Å². The van der Waals surface area contributed by atoms with Crippen LogP contribution < -0.4 is 15.4 Å². The molecule has 0 unspecified atom stereocenters. The Bertz CT molecular complexity index is 728. The molecule has 0 spiro atoms. The molecule has 0 aromatic heterocycles. The molecule has 3 N–H and O–H groups in total. The molecule has 0 heterocycles. The molecule has 0 saturated heterocycles. The van der Waals surface area contributed by atoms with Gasteiger partial charge >= 0.3 is 0 Å². The zero-order valence-electron chi connectivity index (χ0n) is 17.5. The van der Waals surface area contributed by atoms with Crippen LogP contribution in [0.4, 0.5) is 5.69 Å². The number of sulfonamides is 1. The molecule has 6 nitrogen and oxygen atoms in total. The molecule has 1 amide bonds. The summed E-state index contributed by atoms with van der Waals surface area (Å²) in [6.45, 7) is 12.4. The van der Waals surface area contributed by atoms with Gasteiger partial charge < -0.3 is 10.6 Å². The van der Waals surface area contributed by atoms with E-state index in [0.29, 0.717) is 12.1 Å². The first kappa shape index (κ1) is 23.4. The monoisotopic (exact) mass is 397 g/mol. The summed E-state index contributed by atoms with van der Waals surface area (Å²) in [5.41, 5.74) is 3.67. The highest BCUT2D eigenvalue weighted by atomic mass is 32.2. The van der Waals surface area contributed by atoms with E-state index in [1.54, 1.807) is 13.8 Å². The Morgan fingerprint density at radius 1 is 1.00 bits per heavy atom. The van der Waals surface area contributed by atoms with Crippen LogP contribution in [0.3, 0.4) is 0 Å². The van der Waals surface area contributed by atoms with Crippen molar-refractivity contribution in [1.82, 2.24) is 10.0 Å². The molecule has 1 aromatic carbocycles. The highest BCUT2D eigenvalue weighted by Crippen LogP contribution is 2.22. The van der Waals surface area contributed by atoms with Crippen LogP contribution >= 0.6 is 0 Å². The number of nitrogens with one attached hydrogen (secondary N) is 3. The molecule has 0 aliphatic carbocycles. The Hall–Kier alpha value is -1.60. The first-order valence-electron chi connectivity index (χ1n) is 9.69. The summed E-state index contributed by atoms with van der Waals surface area (Å²) in [4.78, 5) is 12.4. The van der Waals surface area contributed by atoms with E-state index in [2.05, 4.69) is 21.4 Å². The summed E-state index contributed by atoms with van der Waals surface area (Å²) in [5.74, 6) is -0.0494. The quantitative estimate of drug-likeness (QED) is 0.500. The third kappa shape index (κ3) is 7.89. The molecule has 1 aromatic rings. The Kier molecular flexibility index (Phi) is 9.26. The fourth-order valence-electron chi connectivity index (χ4n) is 2.65. The lowest BCUT2D eigenvalue weighted by Crippen LogP contribution is -2.31. The molecule has 27 heavy (non-hydrogen) atoms. The van der Waals surface area contributed by atoms with Crippen molar-refractivity contribution >= 4 is 21.6 Å². The van der Waals surface area contributed by atoms with Gasteiger partial charge in [0.2, 0.25) is 10.0 Å². The number of unbranched alkanes of at least 4 members (excludes halogenated alkanes) is 2. The molecule has 0 bridgehead atoms. The average molecular weight is 398 g/mol. The second-order valence-corrected chi connectivity index (χ2v) is 9.91. The van der Waals surface area contributed by atoms with Crippen LogP contribution in [0.1, 0.15) is 68.4 Å². The number of carbonyl (C=O) groups is 1. The van der Waals surface area contributed by atoms with Crippen molar-refractivity contribution < 1.29 is 13.2 Å². The predicted molar refractivity (Wildman–Crippen MR) is 113 cm³/mol. The summed E-state index contributed by atoms with van der Waals surface area (Å²) in [6.07, 6.45) is 2.67. The van der Waals surface area contributed by atoms with E-state index in [1.165, 1.54) is 0 Å². The summed E-state index contributed by atoms with van der Waals surface area (Å²) in [7, 11) is -3.17. The van der Waals surface area contributed by atoms with Crippen molar-refractivity contribution in [2.24, 2.45) is 0 Å². The zero-order chi connectivity index (χ0) is 20.6. The summed E-state index contributed by atoms with van der Waals surface area (Å²) < 4.78 is 26.0. The molecule has 0 aliphatic rings. The fourth-order valence-corrected chi connectivity index (χ4v) is 3.41. The Morgan fingerprint density at radius 3 is 2.22 bits per heavy atom. The number of anilines is 1. The number of amides is 1. The van der Waals surface area contributed by atoms with Crippen LogP contribution in [0, 0.1) is 13.8 Å². The summed E-state index contributed by atoms with van der Waals surface area (Å²) in [5, 5.41) is 5.95. The van der Waals surface area contributed by atoms with Crippen LogP contribution in [0.25, 0.3) is 0 Å². The third-order valence-electron chi connectivity index (χ3n) is 4.31. The number of aryl methyl sites for hydroxylation is 1. The van der Waals surface area contributed by atoms with Crippen LogP contribution in [0.2, 0.25) is 0 Å². The van der Waals surface area contributed by atoms with Crippen LogP contribution in [0.15, 0.2) is 12.1 Å². The van der Waals surface area contributed by atoms with Gasteiger partial charge in [0.1, 0.15) is 0 Å². The minimum absolute atomic E-state index is 0.0494. The van der Waals surface area contributed by atoms with E-state index in [0.717, 1.165) is 42.6 Å². The SMILES string of the molecule is Cc1cc(NCCCCCNS(=O)(=O)C(C)C)c(C)c(C(=O)NC(C)C)c1. The van der Waals surface area contributed by atoms with E-state index in [1.807, 2.05) is 33.8 Å². The zero-order valence-corrected chi connectivity index (χ0v) is 18.3. The van der Waals surface area contributed by atoms with E-state index in [4.69, 9.17) is 0 Å². The third-order valence-corrected chi connectivity index (χ3v) is 6.16. The average Bonchev–Trinajstić information content (AvgIpc) is 2.55. The molecule has 1 rings (SSSR count). The normalized spacial score (nSPS) is 11.9. The minimum Gasteiger partial charge on any atom is -0.385 e. The van der Waals surface area contributed by atoms with Gasteiger partial charge in [-0.25, -0.2) is 13.1 Å². The first-order chi connectivity index (χ1) is 12.5. The summed E-state index contributed by atoms with van der Waals surface area (Å²) >= 11 is 0. The van der Waals surface area contributed by atoms with Gasteiger partial charge in [0.25, 0.3) is 5.91 Å². The van der Waals surface area contributed by atoms with Crippen molar-refractivity contribution in [2.45, 2.75) is 72.1 Å². The van der Waals surface area contributed by atoms with Crippen LogP contribution in [0.5, 0.6) is 0 Å². The van der Waals surface area contributed by atoms with Crippen LogP contribution in [-0.2, 0) is 10.0 Å². The van der Waals surface area contributed by atoms with Gasteiger partial charge in [-0.15, -0.1) is 0 Å². The molecule has 0 radical (unpaired) electrons. The van der Waals surface area contributed by atoms with Crippen molar-refractivity contribution in [2.75, 3.05) is 18.4 Å². The first-order valence-corrected chi connectivity index (χ1v) is 11.2. The van der Waals surface area contributed by atoms with Crippen molar-refractivity contribution in [1.29, 1.82) is 0 Å². The van der Waals surface area contributed by atoms with Crippen molar-refractivity contribution in [3.05, 3.63) is 28.8 Å². The lowest BCUT2D eigenvalue weighted by molar-refractivity contribution is 0.0942. The van der Waals surface area contributed by atoms with E-state index >= 15 is 0 Å². The molecule has 0 saturated carbocycles. The van der Waals surface area contributed by atoms with Crippen molar-refractivity contribution in [3.8, 4) is 0 Å². The highest BCUT2D eigenvalue weighted by molar-refractivity contribution is 7.90. The van der Waals surface area contributed by atoms with Gasteiger partial charge in [-0.05, 0) is 77.6 Å². The van der Waals surface area contributed by atoms with E-state index < -0.39 is 15.3 Å². The standard InChI is InChI=1S/C20H35N3O3S/c1-14(2)23-20(24)18-12-16(5)13-19(17(18)6)21-10-8-7-9-11-22-27(25,26)15(3)4/h12-15,21-22H,7-11H2,1-6H3,(H,23,24). The number of hydrogen-bond donors (Lipinski definition) is 3. The van der Waals surface area contributed by atoms with E-state index in [9.17, 15) is 13.2 Å². The minimum atomic E-state index is -3.17. The Morgan fingerprint density at radius 2 is 1.63 bits per heavy atom. The maximum absolute atomic E-state index is 12.4. The fraction of sp³-hybridized carbons (Fsp3) is 0.650. The highest BCUT2D eigenvalue weighted by Gasteiger charge is 2.15. The smallest absolute Gasteiger partial charge is 0.251 e. The van der Waals surface area contributed by atoms with Gasteiger partial charge in [-0.3, -0.25) is 4.79 Å².